The summed E-state index contributed by atoms with van der Waals surface area (Å²) in [6.07, 6.45) is -4.85. The van der Waals surface area contributed by atoms with Crippen molar-refractivity contribution >= 4 is 44.8 Å². The van der Waals surface area contributed by atoms with Crippen molar-refractivity contribution in [1.29, 1.82) is 0 Å². The van der Waals surface area contributed by atoms with Crippen LogP contribution in [0.15, 0.2) is 22.7 Å². The average molecular weight is 456 g/mol. The van der Waals surface area contributed by atoms with E-state index < -0.39 is 22.7 Å². The van der Waals surface area contributed by atoms with E-state index in [0.29, 0.717) is 0 Å². The van der Waals surface area contributed by atoms with E-state index in [2.05, 4.69) is 26.3 Å². The number of nitrogens with one attached hydrogen (secondary N) is 1. The van der Waals surface area contributed by atoms with Gasteiger partial charge >= 0.3 is 6.18 Å². The van der Waals surface area contributed by atoms with Crippen molar-refractivity contribution in [2.24, 2.45) is 0 Å². The molecule has 0 bridgehead atoms. The Hall–Kier alpha value is -2.14. The largest absolute Gasteiger partial charge is 0.436 e. The van der Waals surface area contributed by atoms with Crippen molar-refractivity contribution in [2.45, 2.75) is 26.1 Å². The van der Waals surface area contributed by atoms with Gasteiger partial charge in [-0.15, -0.1) is 0 Å². The third-order valence-corrected chi connectivity index (χ3v) is 4.57. The first-order chi connectivity index (χ1) is 12.0. The monoisotopic (exact) mass is 454 g/mol. The van der Waals surface area contributed by atoms with E-state index in [0.717, 1.165) is 10.7 Å². The van der Waals surface area contributed by atoms with E-state index in [1.165, 1.54) is 19.1 Å². The molecular weight excluding hydrogens is 445 g/mol. The highest BCUT2D eigenvalue weighted by molar-refractivity contribution is 9.10. The van der Waals surface area contributed by atoms with Crippen molar-refractivity contribution in [2.75, 3.05) is 5.32 Å². The molecule has 0 atom stereocenters. The Morgan fingerprint density at radius 3 is 2.65 bits per heavy atom. The minimum absolute atomic E-state index is 0.0567. The van der Waals surface area contributed by atoms with Gasteiger partial charge in [-0.3, -0.25) is 19.6 Å². The number of nitrogens with zero attached hydrogens (tertiary/aromatic N) is 3. The molecule has 0 fully saturated rings. The number of hydrogen-bond acceptors (Lipinski definition) is 4. The van der Waals surface area contributed by atoms with Crippen LogP contribution in [-0.4, -0.2) is 20.6 Å². The van der Waals surface area contributed by atoms with Gasteiger partial charge < -0.3 is 5.32 Å². The molecule has 12 heteroatoms. The second-order valence-corrected chi connectivity index (χ2v) is 6.42. The molecule has 7 nitrogen and oxygen atoms in total. The van der Waals surface area contributed by atoms with Gasteiger partial charge in [0.2, 0.25) is 5.91 Å². The number of nitro groups is 1. The molecule has 0 saturated heterocycles. The van der Waals surface area contributed by atoms with Crippen LogP contribution < -0.4 is 5.32 Å². The quantitative estimate of drug-likeness (QED) is 0.528. The van der Waals surface area contributed by atoms with E-state index in [-0.39, 0.29) is 39.5 Å². The molecule has 0 saturated carbocycles. The maximum atomic E-state index is 12.8. The first-order valence-electron chi connectivity index (χ1n) is 7.04. The highest BCUT2D eigenvalue weighted by Gasteiger charge is 2.37. The lowest BCUT2D eigenvalue weighted by Crippen LogP contribution is -2.17. The fourth-order valence-corrected chi connectivity index (χ4v) is 2.78. The number of carbonyl (C=O) groups is 1. The highest BCUT2D eigenvalue weighted by atomic mass is 79.9. The predicted octanol–water partition coefficient (Wildman–Crippen LogP) is 4.56. The third kappa shape index (κ3) is 4.52. The Balaban J connectivity index is 2.10. The molecule has 0 aliphatic heterocycles. The van der Waals surface area contributed by atoms with Gasteiger partial charge in [-0.05, 0) is 35.0 Å². The van der Waals surface area contributed by atoms with Crippen LogP contribution in [-0.2, 0) is 17.5 Å². The van der Waals surface area contributed by atoms with Crippen LogP contribution in [0.2, 0.25) is 5.02 Å². The lowest BCUT2D eigenvalue weighted by molar-refractivity contribution is -0.383. The fourth-order valence-electron chi connectivity index (χ4n) is 2.10. The lowest BCUT2D eigenvalue weighted by atomic mass is 10.2. The van der Waals surface area contributed by atoms with Gasteiger partial charge in [-0.1, -0.05) is 11.6 Å². The summed E-state index contributed by atoms with van der Waals surface area (Å²) in [6.45, 7) is 1.29. The molecule has 1 aromatic heterocycles. The van der Waals surface area contributed by atoms with E-state index in [1.54, 1.807) is 0 Å². The molecule has 26 heavy (non-hydrogen) atoms. The van der Waals surface area contributed by atoms with E-state index in [9.17, 15) is 28.1 Å². The minimum Gasteiger partial charge on any atom is -0.320 e. The summed E-state index contributed by atoms with van der Waals surface area (Å²) in [6, 6.07) is 3.73. The second kappa shape index (κ2) is 7.62. The molecule has 2 rings (SSSR count). The zero-order chi connectivity index (χ0) is 19.6. The Morgan fingerprint density at radius 2 is 2.12 bits per heavy atom. The topological polar surface area (TPSA) is 90.1 Å². The number of hydrogen-bond donors (Lipinski definition) is 1. The summed E-state index contributed by atoms with van der Waals surface area (Å²) >= 11 is 8.52. The molecule has 1 N–H and O–H groups in total. The number of aromatic nitrogens is 2. The van der Waals surface area contributed by atoms with Crippen LogP contribution in [0.5, 0.6) is 0 Å². The van der Waals surface area contributed by atoms with Gasteiger partial charge in [0, 0.05) is 17.5 Å². The summed E-state index contributed by atoms with van der Waals surface area (Å²) < 4.78 is 39.3. The van der Waals surface area contributed by atoms with Crippen molar-refractivity contribution in [3.05, 3.63) is 49.2 Å². The first-order valence-corrected chi connectivity index (χ1v) is 8.21. The van der Waals surface area contributed by atoms with Gasteiger partial charge in [0.15, 0.2) is 5.69 Å². The van der Waals surface area contributed by atoms with Crippen molar-refractivity contribution in [3.63, 3.8) is 0 Å². The summed E-state index contributed by atoms with van der Waals surface area (Å²) in [5.74, 6) is -0.616. The number of anilines is 1. The van der Waals surface area contributed by atoms with E-state index >= 15 is 0 Å². The Morgan fingerprint density at radius 1 is 1.46 bits per heavy atom. The molecule has 1 heterocycles. The van der Waals surface area contributed by atoms with Gasteiger partial charge in [-0.2, -0.15) is 18.3 Å². The molecular formula is C14H11BrClF3N4O3. The number of amides is 1. The Bertz CT molecular complexity index is 870. The van der Waals surface area contributed by atoms with Gasteiger partial charge in [0.25, 0.3) is 5.69 Å². The summed E-state index contributed by atoms with van der Waals surface area (Å²) in [5, 5.41) is 16.9. The van der Waals surface area contributed by atoms with E-state index in [1.807, 2.05) is 0 Å². The van der Waals surface area contributed by atoms with Crippen LogP contribution in [0.3, 0.4) is 0 Å². The Labute approximate surface area is 158 Å². The van der Waals surface area contributed by atoms with Crippen molar-refractivity contribution < 1.29 is 22.9 Å². The number of rotatable bonds is 5. The minimum atomic E-state index is -4.62. The summed E-state index contributed by atoms with van der Waals surface area (Å²) in [7, 11) is 0. The van der Waals surface area contributed by atoms with Crippen molar-refractivity contribution in [1.82, 2.24) is 9.78 Å². The molecule has 1 amide bonds. The van der Waals surface area contributed by atoms with E-state index in [4.69, 9.17) is 11.6 Å². The highest BCUT2D eigenvalue weighted by Crippen LogP contribution is 2.35. The van der Waals surface area contributed by atoms with Crippen LogP contribution in [0.1, 0.15) is 17.8 Å². The normalized spacial score (nSPS) is 11.5. The average Bonchev–Trinajstić information content (AvgIpc) is 2.82. The second-order valence-electron chi connectivity index (χ2n) is 5.19. The summed E-state index contributed by atoms with van der Waals surface area (Å²) in [5.41, 5.74) is -1.31. The maximum Gasteiger partial charge on any atom is 0.436 e. The van der Waals surface area contributed by atoms with Crippen molar-refractivity contribution in [3.8, 4) is 0 Å². The predicted molar refractivity (Wildman–Crippen MR) is 91.0 cm³/mol. The van der Waals surface area contributed by atoms with Crippen LogP contribution in [0.25, 0.3) is 0 Å². The molecule has 1 aromatic carbocycles. The zero-order valence-electron chi connectivity index (χ0n) is 13.1. The number of benzene rings is 1. The number of alkyl halides is 3. The number of aryl methyl sites for hydroxylation is 1. The molecule has 0 aliphatic rings. The molecule has 0 aliphatic carbocycles. The van der Waals surface area contributed by atoms with Gasteiger partial charge in [0.05, 0.1) is 21.6 Å². The number of nitro benzene ring substituents is 1. The number of carbonyl (C=O) groups excluding carboxylic acids is 1. The zero-order valence-corrected chi connectivity index (χ0v) is 15.4. The molecule has 2 aromatic rings. The van der Waals surface area contributed by atoms with Crippen LogP contribution >= 0.6 is 27.5 Å². The standard InChI is InChI=1S/C14H11BrClF3N4O3/c1-7-12(15)13(14(17,18)19)21-22(7)5-4-11(24)20-9-3-2-8(16)6-10(9)23(25)26/h2-3,6H,4-5H2,1H3,(H,20,24). The fraction of sp³-hybridized carbons (Fsp3) is 0.286. The SMILES string of the molecule is Cc1c(Br)c(C(F)(F)F)nn1CCC(=O)Nc1ccc(Cl)cc1[N+](=O)[O-]. The molecule has 0 radical (unpaired) electrons. The third-order valence-electron chi connectivity index (χ3n) is 3.38. The Kier molecular flexibility index (Phi) is 5.91. The molecule has 0 unspecified atom stereocenters. The summed E-state index contributed by atoms with van der Waals surface area (Å²) in [4.78, 5) is 22.3. The lowest BCUT2D eigenvalue weighted by Gasteiger charge is -2.07. The molecule has 140 valence electrons. The van der Waals surface area contributed by atoms with Crippen LogP contribution in [0.4, 0.5) is 24.5 Å². The number of halogens is 5. The van der Waals surface area contributed by atoms with Gasteiger partial charge in [-0.25, -0.2) is 0 Å². The maximum absolute atomic E-state index is 12.8. The van der Waals surface area contributed by atoms with Crippen LogP contribution in [0, 0.1) is 17.0 Å². The van der Waals surface area contributed by atoms with Gasteiger partial charge in [0.1, 0.15) is 5.69 Å². The smallest absolute Gasteiger partial charge is 0.320 e. The first kappa shape index (κ1) is 20.2. The molecule has 0 spiro atoms.